The molecule has 0 saturated carbocycles. The highest BCUT2D eigenvalue weighted by molar-refractivity contribution is 5.78. The van der Waals surface area contributed by atoms with Crippen LogP contribution in [0.4, 0.5) is 0 Å². The zero-order chi connectivity index (χ0) is 16.4. The first-order valence-electron chi connectivity index (χ1n) is 8.67. The van der Waals surface area contributed by atoms with Crippen LogP contribution in [0.5, 0.6) is 0 Å². The highest BCUT2D eigenvalue weighted by Crippen LogP contribution is 2.25. The third-order valence-electron chi connectivity index (χ3n) is 5.01. The topological polar surface area (TPSA) is 63.5 Å². The maximum atomic E-state index is 12.4. The van der Waals surface area contributed by atoms with Crippen LogP contribution in [0.2, 0.25) is 0 Å². The fourth-order valence-corrected chi connectivity index (χ4v) is 3.59. The Morgan fingerprint density at radius 1 is 1.17 bits per heavy atom. The maximum absolute atomic E-state index is 12.4. The van der Waals surface area contributed by atoms with E-state index in [9.17, 15) is 4.79 Å². The van der Waals surface area contributed by atoms with Crippen molar-refractivity contribution in [3.8, 4) is 0 Å². The second-order valence-electron chi connectivity index (χ2n) is 6.50. The molecule has 128 valence electrons. The monoisotopic (exact) mass is 329 g/mol. The molecular weight excluding hydrogens is 306 g/mol. The smallest absolute Gasteiger partial charge is 0.236 e. The molecule has 1 amide bonds. The lowest BCUT2D eigenvalue weighted by atomic mass is 10.0. The third-order valence-corrected chi connectivity index (χ3v) is 5.01. The van der Waals surface area contributed by atoms with Gasteiger partial charge in [0.15, 0.2) is 5.65 Å². The molecule has 2 fully saturated rings. The van der Waals surface area contributed by atoms with Crippen LogP contribution in [0.3, 0.4) is 0 Å². The van der Waals surface area contributed by atoms with Crippen LogP contribution in [-0.2, 0) is 9.53 Å². The van der Waals surface area contributed by atoms with Crippen molar-refractivity contribution < 1.29 is 9.53 Å². The van der Waals surface area contributed by atoms with E-state index in [-0.39, 0.29) is 5.91 Å². The minimum atomic E-state index is 0.228. The van der Waals surface area contributed by atoms with Gasteiger partial charge in [-0.1, -0.05) is 0 Å². The fourth-order valence-electron chi connectivity index (χ4n) is 3.59. The number of aromatic nitrogens is 3. The van der Waals surface area contributed by atoms with E-state index in [0.717, 1.165) is 50.2 Å². The van der Waals surface area contributed by atoms with Gasteiger partial charge in [-0.05, 0) is 25.0 Å². The van der Waals surface area contributed by atoms with Crippen LogP contribution >= 0.6 is 0 Å². The number of morpholine rings is 1. The van der Waals surface area contributed by atoms with E-state index in [1.165, 1.54) is 0 Å². The largest absolute Gasteiger partial charge is 0.378 e. The summed E-state index contributed by atoms with van der Waals surface area (Å²) >= 11 is 0. The first kappa shape index (κ1) is 15.5. The predicted molar refractivity (Wildman–Crippen MR) is 89.6 cm³/mol. The van der Waals surface area contributed by atoms with Crippen LogP contribution in [0.15, 0.2) is 24.7 Å². The van der Waals surface area contributed by atoms with E-state index in [4.69, 9.17) is 4.74 Å². The number of amides is 1. The Bertz CT molecular complexity index is 702. The second kappa shape index (κ2) is 6.86. The Morgan fingerprint density at radius 2 is 1.96 bits per heavy atom. The molecule has 24 heavy (non-hydrogen) atoms. The maximum Gasteiger partial charge on any atom is 0.236 e. The number of fused-ring (bicyclic) bond motifs is 1. The van der Waals surface area contributed by atoms with Gasteiger partial charge in [0.25, 0.3) is 0 Å². The Hall–Kier alpha value is -1.99. The molecule has 2 saturated heterocycles. The average molecular weight is 329 g/mol. The van der Waals surface area contributed by atoms with Gasteiger partial charge in [-0.3, -0.25) is 9.69 Å². The number of pyridine rings is 1. The summed E-state index contributed by atoms with van der Waals surface area (Å²) in [5.41, 5.74) is 1.91. The summed E-state index contributed by atoms with van der Waals surface area (Å²) in [5, 5.41) is 0. The molecule has 0 spiro atoms. The van der Waals surface area contributed by atoms with E-state index >= 15 is 0 Å². The zero-order valence-electron chi connectivity index (χ0n) is 13.8. The quantitative estimate of drug-likeness (QED) is 0.838. The summed E-state index contributed by atoms with van der Waals surface area (Å²) in [6.07, 6.45) is 5.77. The van der Waals surface area contributed by atoms with Crippen molar-refractivity contribution in [2.75, 3.05) is 45.9 Å². The highest BCUT2D eigenvalue weighted by atomic mass is 16.5. The number of hydrogen-bond acceptors (Lipinski definition) is 5. The number of carbonyl (C=O) groups excluding carboxylic acids is 1. The van der Waals surface area contributed by atoms with Gasteiger partial charge in [-0.25, -0.2) is 9.97 Å². The molecular formula is C17H23N5O2. The van der Waals surface area contributed by atoms with Crippen molar-refractivity contribution in [1.82, 2.24) is 24.3 Å². The van der Waals surface area contributed by atoms with Crippen LogP contribution in [0.1, 0.15) is 18.9 Å². The molecule has 7 heteroatoms. The van der Waals surface area contributed by atoms with E-state index < -0.39 is 0 Å². The molecule has 0 atom stereocenters. The summed E-state index contributed by atoms with van der Waals surface area (Å²) in [6, 6.07) is 4.33. The molecule has 0 radical (unpaired) electrons. The van der Waals surface area contributed by atoms with Crippen molar-refractivity contribution in [2.45, 2.75) is 18.9 Å². The van der Waals surface area contributed by atoms with Crippen molar-refractivity contribution in [2.24, 2.45) is 0 Å². The predicted octanol–water partition coefficient (Wildman–Crippen LogP) is 0.927. The Kier molecular flexibility index (Phi) is 4.44. The average Bonchev–Trinajstić information content (AvgIpc) is 3.07. The van der Waals surface area contributed by atoms with Gasteiger partial charge in [0.1, 0.15) is 5.52 Å². The molecule has 0 aliphatic carbocycles. The SMILES string of the molecule is O=C(CN1CCC(n2cnc3cccnc32)CC1)N1CCOCC1. The van der Waals surface area contributed by atoms with Gasteiger partial charge >= 0.3 is 0 Å². The van der Waals surface area contributed by atoms with Crippen molar-refractivity contribution in [3.63, 3.8) is 0 Å². The normalized spacial score (nSPS) is 20.6. The Morgan fingerprint density at radius 3 is 2.75 bits per heavy atom. The minimum Gasteiger partial charge on any atom is -0.378 e. The molecule has 0 bridgehead atoms. The van der Waals surface area contributed by atoms with Crippen LogP contribution in [0, 0.1) is 0 Å². The molecule has 2 aliphatic rings. The Balaban J connectivity index is 1.34. The lowest BCUT2D eigenvalue weighted by Gasteiger charge is -2.34. The van der Waals surface area contributed by atoms with Gasteiger partial charge in [-0.2, -0.15) is 0 Å². The summed E-state index contributed by atoms with van der Waals surface area (Å²) in [5.74, 6) is 0.228. The van der Waals surface area contributed by atoms with E-state index in [1.807, 2.05) is 29.6 Å². The number of piperidine rings is 1. The molecule has 2 aromatic rings. The van der Waals surface area contributed by atoms with Gasteiger partial charge in [0.05, 0.1) is 26.1 Å². The number of likely N-dealkylation sites (tertiary alicyclic amines) is 1. The van der Waals surface area contributed by atoms with Gasteiger partial charge in [-0.15, -0.1) is 0 Å². The second-order valence-corrected chi connectivity index (χ2v) is 6.50. The third kappa shape index (κ3) is 3.14. The molecule has 0 N–H and O–H groups in total. The number of carbonyl (C=O) groups is 1. The van der Waals surface area contributed by atoms with Crippen molar-refractivity contribution >= 4 is 17.1 Å². The Labute approximate surface area is 141 Å². The van der Waals surface area contributed by atoms with Crippen LogP contribution in [0.25, 0.3) is 11.2 Å². The van der Waals surface area contributed by atoms with Crippen molar-refractivity contribution in [1.29, 1.82) is 0 Å². The molecule has 2 aromatic heterocycles. The van der Waals surface area contributed by atoms with Gasteiger partial charge in [0, 0.05) is 38.4 Å². The summed E-state index contributed by atoms with van der Waals surface area (Å²) in [6.45, 7) is 5.17. The number of rotatable bonds is 3. The molecule has 2 aliphatic heterocycles. The number of nitrogens with zero attached hydrogens (tertiary/aromatic N) is 5. The summed E-state index contributed by atoms with van der Waals surface area (Å²) in [4.78, 5) is 25.4. The fraction of sp³-hybridized carbons (Fsp3) is 0.588. The summed E-state index contributed by atoms with van der Waals surface area (Å²) < 4.78 is 7.50. The van der Waals surface area contributed by atoms with Gasteiger partial charge in [0.2, 0.25) is 5.91 Å². The number of hydrogen-bond donors (Lipinski definition) is 0. The van der Waals surface area contributed by atoms with Gasteiger partial charge < -0.3 is 14.2 Å². The first-order chi connectivity index (χ1) is 11.8. The van der Waals surface area contributed by atoms with Crippen LogP contribution < -0.4 is 0 Å². The molecule has 4 rings (SSSR count). The number of ether oxygens (including phenoxy) is 1. The zero-order valence-corrected chi connectivity index (χ0v) is 13.8. The standard InChI is InChI=1S/C17H23N5O2/c23-16(21-8-10-24-11-9-21)12-20-6-3-14(4-7-20)22-13-19-15-2-1-5-18-17(15)22/h1-2,5,13-14H,3-4,6-12H2. The van der Waals surface area contributed by atoms with E-state index in [0.29, 0.717) is 25.8 Å². The minimum absolute atomic E-state index is 0.228. The molecule has 7 nitrogen and oxygen atoms in total. The molecule has 0 aromatic carbocycles. The lowest BCUT2D eigenvalue weighted by molar-refractivity contribution is -0.136. The lowest BCUT2D eigenvalue weighted by Crippen LogP contribution is -2.47. The molecule has 4 heterocycles. The first-order valence-corrected chi connectivity index (χ1v) is 8.67. The summed E-state index contributed by atoms with van der Waals surface area (Å²) in [7, 11) is 0. The highest BCUT2D eigenvalue weighted by Gasteiger charge is 2.25. The van der Waals surface area contributed by atoms with E-state index in [2.05, 4.69) is 19.4 Å². The number of imidazole rings is 1. The van der Waals surface area contributed by atoms with Crippen LogP contribution in [-0.4, -0.2) is 76.2 Å². The van der Waals surface area contributed by atoms with E-state index in [1.54, 1.807) is 0 Å². The van der Waals surface area contributed by atoms with Crippen molar-refractivity contribution in [3.05, 3.63) is 24.7 Å². The molecule has 0 unspecified atom stereocenters.